The number of ether oxygens (including phenoxy) is 2. The molecule has 0 unspecified atom stereocenters. The summed E-state index contributed by atoms with van der Waals surface area (Å²) in [4.78, 5) is 45.8. The first-order valence-corrected chi connectivity index (χ1v) is 13.6. The highest BCUT2D eigenvalue weighted by Crippen LogP contribution is 2.34. The lowest BCUT2D eigenvalue weighted by Gasteiger charge is -2.16. The summed E-state index contributed by atoms with van der Waals surface area (Å²) < 4.78 is 19.3. The van der Waals surface area contributed by atoms with Crippen molar-refractivity contribution in [1.29, 1.82) is 0 Å². The van der Waals surface area contributed by atoms with E-state index in [0.29, 0.717) is 59.2 Å². The number of benzene rings is 2. The second-order valence-electron chi connectivity index (χ2n) is 9.72. The number of carboxylic acids is 1. The van der Waals surface area contributed by atoms with Gasteiger partial charge in [0, 0.05) is 32.0 Å². The maximum atomic E-state index is 13.3. The Bertz CT molecular complexity index is 1760. The zero-order chi connectivity index (χ0) is 30.7. The molecule has 7 N–H and O–H groups in total. The molecule has 2 aromatic carbocycles. The predicted molar refractivity (Wildman–Crippen MR) is 158 cm³/mol. The minimum absolute atomic E-state index is 0.00129. The van der Waals surface area contributed by atoms with Crippen LogP contribution in [-0.4, -0.2) is 57.2 Å². The van der Waals surface area contributed by atoms with Crippen molar-refractivity contribution in [1.82, 2.24) is 14.5 Å². The maximum Gasteiger partial charge on any atom is 0.335 e. The normalized spacial score (nSPS) is 14.3. The van der Waals surface area contributed by atoms with Gasteiger partial charge in [0.25, 0.3) is 5.91 Å². The number of carbonyl (C=O) groups is 3. The molecule has 14 nitrogen and oxygen atoms in total. The summed E-state index contributed by atoms with van der Waals surface area (Å²) >= 11 is 0. The van der Waals surface area contributed by atoms with Gasteiger partial charge < -0.3 is 40.3 Å². The number of oxazole rings is 1. The number of fused-ring (bicyclic) bond motifs is 1. The van der Waals surface area contributed by atoms with Crippen LogP contribution in [0.5, 0.6) is 11.5 Å². The number of amides is 2. The van der Waals surface area contributed by atoms with E-state index in [-0.39, 0.29) is 48.3 Å². The van der Waals surface area contributed by atoms with Gasteiger partial charge >= 0.3 is 5.97 Å². The van der Waals surface area contributed by atoms with Crippen molar-refractivity contribution >= 4 is 46.1 Å². The first kappa shape index (κ1) is 29.0. The molecule has 224 valence electrons. The summed E-state index contributed by atoms with van der Waals surface area (Å²) in [6.07, 6.45) is 4.58. The van der Waals surface area contributed by atoms with E-state index in [2.05, 4.69) is 20.6 Å². The number of hydrogen-bond acceptors (Lipinski definition) is 10. The van der Waals surface area contributed by atoms with Crippen LogP contribution < -0.4 is 31.6 Å². The zero-order valence-corrected chi connectivity index (χ0v) is 23.6. The molecule has 0 atom stereocenters. The third-order valence-electron chi connectivity index (χ3n) is 6.70. The minimum atomic E-state index is -1.13. The molecule has 0 spiro atoms. The number of carbonyl (C=O) groups excluding carboxylic acids is 2. The summed E-state index contributed by atoms with van der Waals surface area (Å²) in [5.74, 6) is -1.02. The number of allylic oxidation sites excluding steroid dienone is 1. The quantitative estimate of drug-likeness (QED) is 0.168. The van der Waals surface area contributed by atoms with Gasteiger partial charge in [0.15, 0.2) is 5.89 Å². The van der Waals surface area contributed by atoms with E-state index in [4.69, 9.17) is 25.4 Å². The summed E-state index contributed by atoms with van der Waals surface area (Å²) in [7, 11) is 0. The van der Waals surface area contributed by atoms with Crippen LogP contribution in [0.4, 0.5) is 17.3 Å². The monoisotopic (exact) mass is 589 g/mol. The van der Waals surface area contributed by atoms with Gasteiger partial charge in [0.1, 0.15) is 22.7 Å². The highest BCUT2D eigenvalue weighted by Gasteiger charge is 2.23. The van der Waals surface area contributed by atoms with E-state index in [1.54, 1.807) is 11.5 Å². The summed E-state index contributed by atoms with van der Waals surface area (Å²) in [5.41, 5.74) is 14.1. The van der Waals surface area contributed by atoms with Crippen molar-refractivity contribution in [3.05, 3.63) is 64.9 Å². The number of imidazole rings is 1. The number of nitrogens with one attached hydrogen (secondary N) is 2. The van der Waals surface area contributed by atoms with E-state index in [1.165, 1.54) is 24.3 Å². The number of nitrogens with two attached hydrogens (primary N) is 2. The Kier molecular flexibility index (Phi) is 8.18. The fourth-order valence-corrected chi connectivity index (χ4v) is 4.71. The van der Waals surface area contributed by atoms with Crippen LogP contribution in [0, 0.1) is 6.92 Å². The lowest BCUT2D eigenvalue weighted by molar-refractivity contribution is 0.0696. The van der Waals surface area contributed by atoms with E-state index >= 15 is 0 Å². The lowest BCUT2D eigenvalue weighted by atomic mass is 10.1. The van der Waals surface area contributed by atoms with Gasteiger partial charge in [-0.05, 0) is 30.7 Å². The number of rotatable bonds is 5. The van der Waals surface area contributed by atoms with Crippen LogP contribution in [0.3, 0.4) is 0 Å². The first-order chi connectivity index (χ1) is 20.7. The number of primary amides is 1. The van der Waals surface area contributed by atoms with Gasteiger partial charge in [0.2, 0.25) is 17.6 Å². The molecule has 0 saturated heterocycles. The third-order valence-corrected chi connectivity index (χ3v) is 6.70. The summed E-state index contributed by atoms with van der Waals surface area (Å²) in [5, 5.41) is 15.4. The molecule has 5 rings (SSSR count). The first-order valence-electron chi connectivity index (χ1n) is 13.6. The number of anilines is 3. The molecular formula is C29H31N7O7. The van der Waals surface area contributed by atoms with Gasteiger partial charge in [-0.15, -0.1) is 0 Å². The van der Waals surface area contributed by atoms with Gasteiger partial charge in [-0.3, -0.25) is 14.9 Å². The molecule has 14 heteroatoms. The van der Waals surface area contributed by atoms with Gasteiger partial charge in [0.05, 0.1) is 35.7 Å². The van der Waals surface area contributed by atoms with Crippen LogP contribution in [0.25, 0.3) is 11.0 Å². The number of hydrogen-bond donors (Lipinski definition) is 5. The number of aryl methyl sites for hydroxylation is 2. The van der Waals surface area contributed by atoms with Crippen LogP contribution in [0.2, 0.25) is 0 Å². The van der Waals surface area contributed by atoms with E-state index in [1.807, 2.05) is 19.1 Å². The maximum absolute atomic E-state index is 13.3. The Morgan fingerprint density at radius 3 is 2.53 bits per heavy atom. The van der Waals surface area contributed by atoms with Crippen molar-refractivity contribution in [2.75, 3.05) is 36.1 Å². The second kappa shape index (κ2) is 12.1. The fourth-order valence-electron chi connectivity index (χ4n) is 4.71. The Hall–Kier alpha value is -5.53. The van der Waals surface area contributed by atoms with Crippen LogP contribution in [0.1, 0.15) is 56.2 Å². The highest BCUT2D eigenvalue weighted by molar-refractivity contribution is 6.04. The molecule has 1 aliphatic heterocycles. The fraction of sp³-hybridized carbons (Fsp3) is 0.276. The SMILES string of the molecule is CCc1nc(C)oc1C(=O)Nc1nc2cc(C(N)=O)cc3c2n1C/C=C/CNc1c(N)cc(C(=O)O)cc1OCCCO3. The molecule has 3 heterocycles. The standard InChI is InChI=1S/C29H31N7O7/c1-3-19-25(43-15(2)33-19)27(38)35-29-34-20-12-16(26(31)37)13-22-24(20)36(29)8-5-4-7-32-23-18(30)11-17(28(39)40)14-21(23)41-9-6-10-42-22/h4-5,11-14,32H,3,6-10,30H2,1-2H3,(H2,31,37)(H,39,40)(H,34,35,38)/b5-4+. The van der Waals surface area contributed by atoms with Crippen molar-refractivity contribution in [3.8, 4) is 11.5 Å². The molecule has 0 saturated carbocycles. The van der Waals surface area contributed by atoms with E-state index in [0.717, 1.165) is 0 Å². The Morgan fingerprint density at radius 1 is 1.07 bits per heavy atom. The third kappa shape index (κ3) is 6.07. The molecule has 43 heavy (non-hydrogen) atoms. The van der Waals surface area contributed by atoms with Gasteiger partial charge in [-0.1, -0.05) is 19.1 Å². The Balaban J connectivity index is 1.53. The predicted octanol–water partition coefficient (Wildman–Crippen LogP) is 3.36. The smallest absolute Gasteiger partial charge is 0.335 e. The van der Waals surface area contributed by atoms with Crippen LogP contribution in [0.15, 0.2) is 40.8 Å². The lowest BCUT2D eigenvalue weighted by Crippen LogP contribution is -2.17. The number of aromatic nitrogens is 3. The number of nitrogen functional groups attached to an aromatic ring is 1. The van der Waals surface area contributed by atoms with Crippen molar-refractivity contribution < 1.29 is 33.4 Å². The topological polar surface area (TPSA) is 210 Å². The number of nitrogens with zero attached hydrogens (tertiary/aromatic N) is 3. The van der Waals surface area contributed by atoms with E-state index in [9.17, 15) is 19.5 Å². The molecule has 1 aliphatic rings. The number of aromatic carboxylic acids is 1. The van der Waals surface area contributed by atoms with Crippen molar-refractivity contribution in [2.24, 2.45) is 5.73 Å². The van der Waals surface area contributed by atoms with Crippen LogP contribution >= 0.6 is 0 Å². The van der Waals surface area contributed by atoms with Gasteiger partial charge in [-0.25, -0.2) is 14.8 Å². The molecule has 2 aromatic heterocycles. The summed E-state index contributed by atoms with van der Waals surface area (Å²) in [6.45, 7) is 4.48. The molecular weight excluding hydrogens is 558 g/mol. The Morgan fingerprint density at radius 2 is 1.81 bits per heavy atom. The zero-order valence-electron chi connectivity index (χ0n) is 23.6. The highest BCUT2D eigenvalue weighted by atomic mass is 16.5. The molecule has 0 fully saturated rings. The molecule has 0 radical (unpaired) electrons. The Labute approximate surface area is 245 Å². The van der Waals surface area contributed by atoms with Crippen molar-refractivity contribution in [3.63, 3.8) is 0 Å². The summed E-state index contributed by atoms with van der Waals surface area (Å²) in [6, 6.07) is 5.84. The average molecular weight is 590 g/mol. The van der Waals surface area contributed by atoms with Crippen molar-refractivity contribution in [2.45, 2.75) is 33.2 Å². The second-order valence-corrected chi connectivity index (χ2v) is 9.72. The molecule has 4 aromatic rings. The van der Waals surface area contributed by atoms with E-state index < -0.39 is 17.8 Å². The number of carboxylic acid groups (broad SMARTS) is 1. The minimum Gasteiger partial charge on any atom is -0.491 e. The van der Waals surface area contributed by atoms with Crippen LogP contribution in [-0.2, 0) is 13.0 Å². The van der Waals surface area contributed by atoms with Gasteiger partial charge in [-0.2, -0.15) is 0 Å². The molecule has 0 aliphatic carbocycles. The average Bonchev–Trinajstić information content (AvgIpc) is 3.52. The molecule has 2 amide bonds. The molecule has 0 bridgehead atoms. The largest absolute Gasteiger partial charge is 0.491 e.